The zero-order valence-electron chi connectivity index (χ0n) is 8.15. The third-order valence-electron chi connectivity index (χ3n) is 2.54. The monoisotopic (exact) mass is 289 g/mol. The number of rotatable bonds is 2. The molecule has 1 aromatic heterocycles. The van der Waals surface area contributed by atoms with Crippen LogP contribution in [0.25, 0.3) is 0 Å². The molecule has 0 aromatic carbocycles. The summed E-state index contributed by atoms with van der Waals surface area (Å²) in [6.07, 6.45) is 3.00. The third-order valence-corrected chi connectivity index (χ3v) is 4.13. The van der Waals surface area contributed by atoms with E-state index >= 15 is 0 Å². The first-order valence-corrected chi connectivity index (χ1v) is 6.53. The Labute approximate surface area is 101 Å². The van der Waals surface area contributed by atoms with Crippen molar-refractivity contribution in [2.45, 2.75) is 25.3 Å². The molecule has 0 bridgehead atoms. The number of nitrogens with zero attached hydrogens (tertiary/aromatic N) is 2. The maximum atomic E-state index is 11.3. The standard InChI is InChI=1S/C9H12BrN3OS/c10-7-5-15-9(12-7)13-4-2-1-3-6(13)8(11)14/h5-6H,1-4H2,(H2,11,14). The van der Waals surface area contributed by atoms with Crippen LogP contribution < -0.4 is 10.6 Å². The van der Waals surface area contributed by atoms with Gasteiger partial charge >= 0.3 is 0 Å². The van der Waals surface area contributed by atoms with E-state index in [-0.39, 0.29) is 11.9 Å². The molecule has 6 heteroatoms. The Kier molecular flexibility index (Phi) is 3.25. The first-order chi connectivity index (χ1) is 7.18. The van der Waals surface area contributed by atoms with Crippen LogP contribution in [0.15, 0.2) is 9.98 Å². The SMILES string of the molecule is NC(=O)C1CCCCN1c1nc(Br)cs1. The Balaban J connectivity index is 2.21. The lowest BCUT2D eigenvalue weighted by Crippen LogP contribution is -2.47. The molecule has 1 unspecified atom stereocenters. The van der Waals surface area contributed by atoms with Crippen molar-refractivity contribution >= 4 is 38.3 Å². The highest BCUT2D eigenvalue weighted by molar-refractivity contribution is 9.10. The Hall–Kier alpha value is -0.620. The number of hydrogen-bond donors (Lipinski definition) is 1. The van der Waals surface area contributed by atoms with Crippen molar-refractivity contribution in [3.05, 3.63) is 9.98 Å². The molecule has 1 atom stereocenters. The predicted octanol–water partition coefficient (Wildman–Crippen LogP) is 1.75. The average molecular weight is 290 g/mol. The summed E-state index contributed by atoms with van der Waals surface area (Å²) in [5, 5.41) is 2.80. The third kappa shape index (κ3) is 2.31. The first-order valence-electron chi connectivity index (χ1n) is 4.85. The normalized spacial score (nSPS) is 21.7. The molecule has 1 aliphatic heterocycles. The molecule has 1 amide bonds. The topological polar surface area (TPSA) is 59.2 Å². The van der Waals surface area contributed by atoms with Crippen molar-refractivity contribution in [3.8, 4) is 0 Å². The Morgan fingerprint density at radius 1 is 1.67 bits per heavy atom. The molecule has 0 radical (unpaired) electrons. The van der Waals surface area contributed by atoms with Crippen molar-refractivity contribution in [3.63, 3.8) is 0 Å². The van der Waals surface area contributed by atoms with Gasteiger partial charge in [-0.15, -0.1) is 11.3 Å². The fourth-order valence-corrected chi connectivity index (χ4v) is 3.16. The molecule has 2 rings (SSSR count). The molecule has 1 fully saturated rings. The molecule has 15 heavy (non-hydrogen) atoms. The van der Waals surface area contributed by atoms with Crippen molar-refractivity contribution < 1.29 is 4.79 Å². The number of anilines is 1. The van der Waals surface area contributed by atoms with Gasteiger partial charge < -0.3 is 10.6 Å². The largest absolute Gasteiger partial charge is 0.368 e. The fraction of sp³-hybridized carbons (Fsp3) is 0.556. The van der Waals surface area contributed by atoms with Gasteiger partial charge in [0.15, 0.2) is 5.13 Å². The molecule has 0 spiro atoms. The highest BCUT2D eigenvalue weighted by Gasteiger charge is 2.28. The van der Waals surface area contributed by atoms with Crippen LogP contribution in [0.2, 0.25) is 0 Å². The van der Waals surface area contributed by atoms with E-state index in [1.807, 2.05) is 10.3 Å². The van der Waals surface area contributed by atoms with Gasteiger partial charge in [-0.1, -0.05) is 0 Å². The highest BCUT2D eigenvalue weighted by atomic mass is 79.9. The fourth-order valence-electron chi connectivity index (χ4n) is 1.83. The lowest BCUT2D eigenvalue weighted by molar-refractivity contribution is -0.119. The van der Waals surface area contributed by atoms with Crippen molar-refractivity contribution in [2.24, 2.45) is 5.73 Å². The van der Waals surface area contributed by atoms with Gasteiger partial charge in [0.05, 0.1) is 0 Å². The molecule has 1 saturated heterocycles. The number of halogens is 1. The van der Waals surface area contributed by atoms with E-state index in [4.69, 9.17) is 5.73 Å². The molecule has 1 aliphatic rings. The van der Waals surface area contributed by atoms with E-state index in [0.29, 0.717) is 0 Å². The van der Waals surface area contributed by atoms with Gasteiger partial charge in [-0.2, -0.15) is 0 Å². The Morgan fingerprint density at radius 3 is 3.07 bits per heavy atom. The summed E-state index contributed by atoms with van der Waals surface area (Å²) in [6, 6.07) is -0.184. The van der Waals surface area contributed by atoms with E-state index in [1.54, 1.807) is 0 Å². The quantitative estimate of drug-likeness (QED) is 0.902. The van der Waals surface area contributed by atoms with Crippen LogP contribution in [0.5, 0.6) is 0 Å². The van der Waals surface area contributed by atoms with Crippen molar-refractivity contribution in [2.75, 3.05) is 11.4 Å². The second-order valence-corrected chi connectivity index (χ2v) is 5.21. The predicted molar refractivity (Wildman–Crippen MR) is 64.0 cm³/mol. The van der Waals surface area contributed by atoms with Crippen LogP contribution in [-0.4, -0.2) is 23.5 Å². The lowest BCUT2D eigenvalue weighted by atomic mass is 10.0. The van der Waals surface area contributed by atoms with Crippen LogP contribution >= 0.6 is 27.3 Å². The van der Waals surface area contributed by atoms with Gasteiger partial charge in [-0.05, 0) is 35.2 Å². The van der Waals surface area contributed by atoms with Gasteiger partial charge in [0.1, 0.15) is 10.6 Å². The molecule has 82 valence electrons. The van der Waals surface area contributed by atoms with Gasteiger partial charge in [0, 0.05) is 11.9 Å². The zero-order chi connectivity index (χ0) is 10.8. The maximum absolute atomic E-state index is 11.3. The van der Waals surface area contributed by atoms with Gasteiger partial charge in [-0.25, -0.2) is 4.98 Å². The summed E-state index contributed by atoms with van der Waals surface area (Å²) >= 11 is 4.85. The molecule has 0 saturated carbocycles. The molecule has 2 heterocycles. The van der Waals surface area contributed by atoms with Gasteiger partial charge in [0.25, 0.3) is 0 Å². The summed E-state index contributed by atoms with van der Waals surface area (Å²) in [5.74, 6) is -0.249. The average Bonchev–Trinajstić information content (AvgIpc) is 2.65. The van der Waals surface area contributed by atoms with Gasteiger partial charge in [-0.3, -0.25) is 4.79 Å². The summed E-state index contributed by atoms with van der Waals surface area (Å²) in [5.41, 5.74) is 5.39. The number of hydrogen-bond acceptors (Lipinski definition) is 4. The van der Waals surface area contributed by atoms with Crippen molar-refractivity contribution in [1.82, 2.24) is 4.98 Å². The summed E-state index contributed by atoms with van der Waals surface area (Å²) < 4.78 is 0.816. The summed E-state index contributed by atoms with van der Waals surface area (Å²) in [7, 11) is 0. The second-order valence-electron chi connectivity index (χ2n) is 3.56. The second kappa shape index (κ2) is 4.49. The Morgan fingerprint density at radius 2 is 2.47 bits per heavy atom. The molecule has 1 aromatic rings. The lowest BCUT2D eigenvalue weighted by Gasteiger charge is -2.33. The smallest absolute Gasteiger partial charge is 0.240 e. The number of amides is 1. The van der Waals surface area contributed by atoms with Gasteiger partial charge in [0.2, 0.25) is 5.91 Å². The van der Waals surface area contributed by atoms with Crippen LogP contribution in [0, 0.1) is 0 Å². The molecule has 0 aliphatic carbocycles. The number of carbonyl (C=O) groups excluding carboxylic acids is 1. The summed E-state index contributed by atoms with van der Waals surface area (Å²) in [6.45, 7) is 0.869. The van der Waals surface area contributed by atoms with Crippen LogP contribution in [0.3, 0.4) is 0 Å². The minimum Gasteiger partial charge on any atom is -0.368 e. The minimum atomic E-state index is -0.249. The number of carbonyl (C=O) groups is 1. The number of thiazole rings is 1. The van der Waals surface area contributed by atoms with Crippen molar-refractivity contribution in [1.29, 1.82) is 0 Å². The number of primary amides is 1. The Bertz CT molecular complexity index is 368. The van der Waals surface area contributed by atoms with E-state index in [9.17, 15) is 4.79 Å². The number of aromatic nitrogens is 1. The number of nitrogens with two attached hydrogens (primary N) is 1. The van der Waals surface area contributed by atoms with E-state index in [0.717, 1.165) is 35.5 Å². The van der Waals surface area contributed by atoms with Crippen LogP contribution in [-0.2, 0) is 4.79 Å². The molecular weight excluding hydrogens is 278 g/mol. The zero-order valence-corrected chi connectivity index (χ0v) is 10.6. The first kappa shape index (κ1) is 10.9. The van der Waals surface area contributed by atoms with E-state index in [2.05, 4.69) is 20.9 Å². The maximum Gasteiger partial charge on any atom is 0.240 e. The highest BCUT2D eigenvalue weighted by Crippen LogP contribution is 2.29. The molecular formula is C9H12BrN3OS. The molecule has 2 N–H and O–H groups in total. The van der Waals surface area contributed by atoms with E-state index in [1.165, 1.54) is 11.3 Å². The molecule has 4 nitrogen and oxygen atoms in total. The minimum absolute atomic E-state index is 0.184. The van der Waals surface area contributed by atoms with Crippen LogP contribution in [0.1, 0.15) is 19.3 Å². The number of piperidine rings is 1. The van der Waals surface area contributed by atoms with Crippen LogP contribution in [0.4, 0.5) is 5.13 Å². The van der Waals surface area contributed by atoms with E-state index < -0.39 is 0 Å². The summed E-state index contributed by atoms with van der Waals surface area (Å²) in [4.78, 5) is 17.6.